The molecule has 2 aromatic heterocycles. The Bertz CT molecular complexity index is 832. The standard InChI is InChI=1S/C15H15N5O3S/c1-22-10-5-6-14(23-2)12(8-10)20-15(17-18-19-20)24-9-13(21)11-4-3-7-16-11/h3-8,16H,9H2,1-2H3. The molecule has 0 unspecified atom stereocenters. The average Bonchev–Trinajstić information content (AvgIpc) is 3.30. The number of nitrogens with zero attached hydrogens (tertiary/aromatic N) is 4. The van der Waals surface area contributed by atoms with Gasteiger partial charge in [0.2, 0.25) is 5.16 Å². The molecule has 0 spiro atoms. The third kappa shape index (κ3) is 3.25. The second-order valence-electron chi connectivity index (χ2n) is 4.71. The maximum atomic E-state index is 12.1. The molecule has 0 amide bonds. The number of benzene rings is 1. The second-order valence-corrected chi connectivity index (χ2v) is 5.65. The molecule has 3 rings (SSSR count). The van der Waals surface area contributed by atoms with E-state index in [1.54, 1.807) is 50.7 Å². The lowest BCUT2D eigenvalue weighted by atomic mass is 10.3. The molecular weight excluding hydrogens is 330 g/mol. The first-order valence-electron chi connectivity index (χ1n) is 7.03. The fourth-order valence-electron chi connectivity index (χ4n) is 2.09. The van der Waals surface area contributed by atoms with Crippen molar-refractivity contribution >= 4 is 17.5 Å². The first-order valence-corrected chi connectivity index (χ1v) is 8.01. The average molecular weight is 345 g/mol. The third-order valence-corrected chi connectivity index (χ3v) is 4.21. The third-order valence-electron chi connectivity index (χ3n) is 3.29. The minimum Gasteiger partial charge on any atom is -0.497 e. The van der Waals surface area contributed by atoms with Gasteiger partial charge in [-0.2, -0.15) is 4.68 Å². The van der Waals surface area contributed by atoms with Crippen molar-refractivity contribution in [2.45, 2.75) is 5.16 Å². The Balaban J connectivity index is 1.84. The number of rotatable bonds is 7. The smallest absolute Gasteiger partial charge is 0.214 e. The monoisotopic (exact) mass is 345 g/mol. The molecule has 0 aliphatic heterocycles. The molecular formula is C15H15N5O3S. The zero-order valence-electron chi connectivity index (χ0n) is 13.1. The summed E-state index contributed by atoms with van der Waals surface area (Å²) in [5, 5.41) is 12.2. The SMILES string of the molecule is COc1ccc(OC)c(-n2nnnc2SCC(=O)c2ccc[nH]2)c1. The lowest BCUT2D eigenvalue weighted by molar-refractivity contribution is 0.101. The summed E-state index contributed by atoms with van der Waals surface area (Å²) in [6, 6.07) is 8.84. The summed E-state index contributed by atoms with van der Waals surface area (Å²) in [6.07, 6.45) is 1.71. The zero-order valence-corrected chi connectivity index (χ0v) is 13.9. The van der Waals surface area contributed by atoms with Gasteiger partial charge in [0.1, 0.15) is 17.2 Å². The van der Waals surface area contributed by atoms with Gasteiger partial charge in [-0.3, -0.25) is 4.79 Å². The molecule has 9 heteroatoms. The van der Waals surface area contributed by atoms with Gasteiger partial charge in [0.05, 0.1) is 25.7 Å². The van der Waals surface area contributed by atoms with Gasteiger partial charge in [-0.25, -0.2) is 0 Å². The molecule has 0 bridgehead atoms. The Hall–Kier alpha value is -2.81. The highest BCUT2D eigenvalue weighted by Crippen LogP contribution is 2.29. The molecule has 1 aromatic carbocycles. The van der Waals surface area contributed by atoms with Crippen LogP contribution in [0, 0.1) is 0 Å². The van der Waals surface area contributed by atoms with Crippen LogP contribution in [-0.2, 0) is 0 Å². The van der Waals surface area contributed by atoms with Crippen LogP contribution < -0.4 is 9.47 Å². The van der Waals surface area contributed by atoms with Crippen LogP contribution in [0.2, 0.25) is 0 Å². The quantitative estimate of drug-likeness (QED) is 0.517. The molecule has 3 aromatic rings. The Labute approximate surface area is 142 Å². The van der Waals surface area contributed by atoms with E-state index in [0.29, 0.717) is 28.0 Å². The number of ketones is 1. The van der Waals surface area contributed by atoms with Crippen molar-refractivity contribution in [1.82, 2.24) is 25.2 Å². The van der Waals surface area contributed by atoms with Crippen LogP contribution in [0.15, 0.2) is 41.7 Å². The van der Waals surface area contributed by atoms with Crippen LogP contribution in [0.5, 0.6) is 11.5 Å². The van der Waals surface area contributed by atoms with E-state index in [9.17, 15) is 4.79 Å². The Morgan fingerprint density at radius 1 is 1.29 bits per heavy atom. The van der Waals surface area contributed by atoms with E-state index in [1.165, 1.54) is 16.4 Å². The first-order chi connectivity index (χ1) is 11.7. The van der Waals surface area contributed by atoms with Crippen molar-refractivity contribution in [2.24, 2.45) is 0 Å². The summed E-state index contributed by atoms with van der Waals surface area (Å²) in [5.74, 6) is 1.44. The molecule has 8 nitrogen and oxygen atoms in total. The number of aromatic nitrogens is 5. The van der Waals surface area contributed by atoms with Gasteiger partial charge >= 0.3 is 0 Å². The Morgan fingerprint density at radius 3 is 2.88 bits per heavy atom. The van der Waals surface area contributed by atoms with Crippen LogP contribution in [0.3, 0.4) is 0 Å². The number of hydrogen-bond donors (Lipinski definition) is 1. The van der Waals surface area contributed by atoms with E-state index in [4.69, 9.17) is 9.47 Å². The molecule has 0 atom stereocenters. The fraction of sp³-hybridized carbons (Fsp3) is 0.200. The summed E-state index contributed by atoms with van der Waals surface area (Å²) >= 11 is 1.25. The summed E-state index contributed by atoms with van der Waals surface area (Å²) < 4.78 is 12.1. The molecule has 124 valence electrons. The minimum atomic E-state index is -0.0304. The number of carbonyl (C=O) groups excluding carboxylic acids is 1. The van der Waals surface area contributed by atoms with Gasteiger partial charge in [0.25, 0.3) is 0 Å². The van der Waals surface area contributed by atoms with Gasteiger partial charge in [-0.1, -0.05) is 11.8 Å². The maximum absolute atomic E-state index is 12.1. The number of H-pyrrole nitrogens is 1. The van der Waals surface area contributed by atoms with Gasteiger partial charge < -0.3 is 14.5 Å². The Morgan fingerprint density at radius 2 is 2.17 bits per heavy atom. The number of nitrogens with one attached hydrogen (secondary N) is 1. The van der Waals surface area contributed by atoms with Crippen molar-refractivity contribution < 1.29 is 14.3 Å². The van der Waals surface area contributed by atoms with Crippen LogP contribution in [0.4, 0.5) is 0 Å². The van der Waals surface area contributed by atoms with Crippen LogP contribution in [0.1, 0.15) is 10.5 Å². The second kappa shape index (κ2) is 7.18. The van der Waals surface area contributed by atoms with Crippen molar-refractivity contribution in [2.75, 3.05) is 20.0 Å². The summed E-state index contributed by atoms with van der Waals surface area (Å²) in [7, 11) is 3.15. The van der Waals surface area contributed by atoms with Crippen LogP contribution in [0.25, 0.3) is 5.69 Å². The molecule has 0 aliphatic rings. The molecule has 0 fully saturated rings. The van der Waals surface area contributed by atoms with Crippen molar-refractivity contribution in [3.63, 3.8) is 0 Å². The highest BCUT2D eigenvalue weighted by Gasteiger charge is 2.16. The minimum absolute atomic E-state index is 0.0304. The lowest BCUT2D eigenvalue weighted by Crippen LogP contribution is -2.06. The van der Waals surface area contributed by atoms with Crippen LogP contribution in [-0.4, -0.2) is 50.9 Å². The number of ether oxygens (including phenoxy) is 2. The largest absolute Gasteiger partial charge is 0.497 e. The number of thioether (sulfide) groups is 1. The van der Waals surface area contributed by atoms with E-state index in [0.717, 1.165) is 0 Å². The van der Waals surface area contributed by atoms with Gasteiger partial charge in [-0.15, -0.1) is 5.10 Å². The Kier molecular flexibility index (Phi) is 4.80. The lowest BCUT2D eigenvalue weighted by Gasteiger charge is -2.10. The number of tetrazole rings is 1. The number of hydrogen-bond acceptors (Lipinski definition) is 7. The zero-order chi connectivity index (χ0) is 16.9. The van der Waals surface area contributed by atoms with E-state index in [-0.39, 0.29) is 11.5 Å². The van der Waals surface area contributed by atoms with E-state index in [1.807, 2.05) is 0 Å². The normalized spacial score (nSPS) is 10.6. The van der Waals surface area contributed by atoms with E-state index < -0.39 is 0 Å². The maximum Gasteiger partial charge on any atom is 0.214 e. The molecule has 0 radical (unpaired) electrons. The number of Topliss-reactive ketones (excluding diaryl/α,β-unsaturated/α-hetero) is 1. The number of methoxy groups -OCH3 is 2. The molecule has 0 saturated heterocycles. The summed E-state index contributed by atoms with van der Waals surface area (Å²) in [4.78, 5) is 15.0. The highest BCUT2D eigenvalue weighted by atomic mass is 32.2. The van der Waals surface area contributed by atoms with Gasteiger partial charge in [0.15, 0.2) is 5.78 Å². The van der Waals surface area contributed by atoms with Crippen molar-refractivity contribution in [3.8, 4) is 17.2 Å². The predicted octanol–water partition coefficient (Wildman–Crippen LogP) is 1.98. The fourth-order valence-corrected chi connectivity index (χ4v) is 2.86. The number of aromatic amines is 1. The van der Waals surface area contributed by atoms with Crippen molar-refractivity contribution in [3.05, 3.63) is 42.2 Å². The number of carbonyl (C=O) groups is 1. The predicted molar refractivity (Wildman–Crippen MR) is 88.1 cm³/mol. The van der Waals surface area contributed by atoms with E-state index in [2.05, 4.69) is 20.5 Å². The summed E-state index contributed by atoms with van der Waals surface area (Å²) in [6.45, 7) is 0. The van der Waals surface area contributed by atoms with E-state index >= 15 is 0 Å². The molecule has 2 heterocycles. The van der Waals surface area contributed by atoms with Crippen molar-refractivity contribution in [1.29, 1.82) is 0 Å². The molecule has 0 aliphatic carbocycles. The van der Waals surface area contributed by atoms with Crippen LogP contribution >= 0.6 is 11.8 Å². The van der Waals surface area contributed by atoms with Gasteiger partial charge in [-0.05, 0) is 34.7 Å². The molecule has 0 saturated carbocycles. The topological polar surface area (TPSA) is 94.9 Å². The molecule has 24 heavy (non-hydrogen) atoms. The highest BCUT2D eigenvalue weighted by molar-refractivity contribution is 7.99. The molecule has 1 N–H and O–H groups in total. The summed E-state index contributed by atoms with van der Waals surface area (Å²) in [5.41, 5.74) is 1.19. The van der Waals surface area contributed by atoms with Gasteiger partial charge in [0, 0.05) is 12.3 Å². The first kappa shape index (κ1) is 16.1.